The molecular weight excluding hydrogens is 432 g/mol. The number of hydrogen-bond acceptors (Lipinski definition) is 9. The highest BCUT2D eigenvalue weighted by Crippen LogP contribution is 2.25. The Hall–Kier alpha value is -3.85. The average Bonchev–Trinajstić information content (AvgIpc) is 2.81. The number of esters is 1. The Morgan fingerprint density at radius 1 is 0.848 bits per heavy atom. The average molecular weight is 458 g/mol. The minimum absolute atomic E-state index is 0.0190. The van der Waals surface area contributed by atoms with Crippen LogP contribution in [0.2, 0.25) is 0 Å². The van der Waals surface area contributed by atoms with Gasteiger partial charge in [-0.15, -0.1) is 0 Å². The third-order valence-corrected chi connectivity index (χ3v) is 4.08. The number of carbonyl (C=O) groups excluding carboxylic acids is 3. The van der Waals surface area contributed by atoms with Gasteiger partial charge < -0.3 is 28.8 Å². The molecule has 0 radical (unpaired) electrons. The van der Waals surface area contributed by atoms with E-state index in [2.05, 4.69) is 6.58 Å². The first-order valence-corrected chi connectivity index (χ1v) is 10.1. The maximum Gasteiger partial charge on any atom is 0.508 e. The number of carbonyl (C=O) groups is 3. The van der Waals surface area contributed by atoms with Gasteiger partial charge in [0.25, 0.3) is 0 Å². The van der Waals surface area contributed by atoms with Crippen molar-refractivity contribution in [2.75, 3.05) is 39.6 Å². The van der Waals surface area contributed by atoms with E-state index < -0.39 is 12.1 Å². The molecule has 2 aromatic carbocycles. The lowest BCUT2D eigenvalue weighted by Crippen LogP contribution is -2.17. The highest BCUT2D eigenvalue weighted by atomic mass is 16.7. The molecule has 0 saturated heterocycles. The largest absolute Gasteiger partial charge is 0.508 e. The zero-order valence-electron chi connectivity index (χ0n) is 18.3. The first-order valence-electron chi connectivity index (χ1n) is 10.1. The third kappa shape index (κ3) is 9.04. The standard InChI is InChI=1S/C24H26O9/c1-17(2)23(27)31-12-10-29-11-13-32-24(28)33-15-14-30-19-8-9-20(21(25)16-19)22(26)18-6-4-3-5-7-18/h3-9,16,25H,1,10-15H2,2H3. The molecule has 0 atom stereocenters. The van der Waals surface area contributed by atoms with Gasteiger partial charge in [0.1, 0.15) is 37.9 Å². The first kappa shape index (κ1) is 25.4. The fourth-order valence-corrected chi connectivity index (χ4v) is 2.47. The molecule has 0 amide bonds. The van der Waals surface area contributed by atoms with E-state index in [1.807, 2.05) is 0 Å². The van der Waals surface area contributed by atoms with Crippen LogP contribution in [0.15, 0.2) is 60.7 Å². The Morgan fingerprint density at radius 2 is 1.48 bits per heavy atom. The predicted octanol–water partition coefficient (Wildman–Crippen LogP) is 3.29. The number of benzene rings is 2. The molecule has 0 spiro atoms. The minimum Gasteiger partial charge on any atom is -0.507 e. The summed E-state index contributed by atoms with van der Waals surface area (Å²) in [5, 5.41) is 10.1. The lowest BCUT2D eigenvalue weighted by atomic mass is 10.0. The van der Waals surface area contributed by atoms with Crippen LogP contribution in [0, 0.1) is 0 Å². The van der Waals surface area contributed by atoms with Gasteiger partial charge in [0.15, 0.2) is 5.78 Å². The number of rotatable bonds is 13. The van der Waals surface area contributed by atoms with Crippen molar-refractivity contribution < 1.29 is 43.2 Å². The highest BCUT2D eigenvalue weighted by molar-refractivity contribution is 6.10. The maximum atomic E-state index is 12.4. The van der Waals surface area contributed by atoms with Crippen LogP contribution in [-0.2, 0) is 23.7 Å². The van der Waals surface area contributed by atoms with Crippen molar-refractivity contribution in [3.05, 3.63) is 71.8 Å². The topological polar surface area (TPSA) is 118 Å². The van der Waals surface area contributed by atoms with Gasteiger partial charge in [-0.2, -0.15) is 0 Å². The van der Waals surface area contributed by atoms with Crippen LogP contribution < -0.4 is 4.74 Å². The monoisotopic (exact) mass is 458 g/mol. The molecule has 0 fully saturated rings. The van der Waals surface area contributed by atoms with Crippen LogP contribution in [0.5, 0.6) is 11.5 Å². The van der Waals surface area contributed by atoms with Crippen molar-refractivity contribution >= 4 is 17.9 Å². The van der Waals surface area contributed by atoms with Gasteiger partial charge >= 0.3 is 12.1 Å². The smallest absolute Gasteiger partial charge is 0.507 e. The van der Waals surface area contributed by atoms with Crippen molar-refractivity contribution in [2.24, 2.45) is 0 Å². The van der Waals surface area contributed by atoms with E-state index in [9.17, 15) is 19.5 Å². The summed E-state index contributed by atoms with van der Waals surface area (Å²) in [6.07, 6.45) is -0.887. The SMILES string of the molecule is C=C(C)C(=O)OCCOCCOC(=O)OCCOc1ccc(C(=O)c2ccccc2)c(O)c1. The molecule has 176 valence electrons. The van der Waals surface area contributed by atoms with Gasteiger partial charge in [0.2, 0.25) is 0 Å². The second-order valence-corrected chi connectivity index (χ2v) is 6.70. The fraction of sp³-hybridized carbons (Fsp3) is 0.292. The van der Waals surface area contributed by atoms with Crippen molar-refractivity contribution in [1.82, 2.24) is 0 Å². The van der Waals surface area contributed by atoms with Gasteiger partial charge in [-0.25, -0.2) is 9.59 Å². The number of phenols is 1. The van der Waals surface area contributed by atoms with E-state index in [1.54, 1.807) is 43.3 Å². The van der Waals surface area contributed by atoms with Gasteiger partial charge in [-0.1, -0.05) is 36.9 Å². The van der Waals surface area contributed by atoms with Crippen LogP contribution in [0.25, 0.3) is 0 Å². The molecule has 1 N–H and O–H groups in total. The van der Waals surface area contributed by atoms with Crippen LogP contribution in [-0.4, -0.2) is 62.7 Å². The van der Waals surface area contributed by atoms with Crippen molar-refractivity contribution in [2.45, 2.75) is 6.92 Å². The predicted molar refractivity (Wildman–Crippen MR) is 117 cm³/mol. The zero-order valence-corrected chi connectivity index (χ0v) is 18.3. The van der Waals surface area contributed by atoms with Gasteiger partial charge in [-0.3, -0.25) is 4.79 Å². The summed E-state index contributed by atoms with van der Waals surface area (Å²) in [6.45, 7) is 5.26. The summed E-state index contributed by atoms with van der Waals surface area (Å²) in [4.78, 5) is 35.1. The number of hydrogen-bond donors (Lipinski definition) is 1. The van der Waals surface area contributed by atoms with Crippen molar-refractivity contribution in [1.29, 1.82) is 0 Å². The lowest BCUT2D eigenvalue weighted by Gasteiger charge is -2.10. The maximum absolute atomic E-state index is 12.4. The van der Waals surface area contributed by atoms with E-state index in [0.717, 1.165) is 0 Å². The molecule has 2 aromatic rings. The van der Waals surface area contributed by atoms with E-state index in [-0.39, 0.29) is 56.7 Å². The second-order valence-electron chi connectivity index (χ2n) is 6.70. The fourth-order valence-electron chi connectivity index (χ4n) is 2.47. The summed E-state index contributed by atoms with van der Waals surface area (Å²) in [7, 11) is 0. The lowest BCUT2D eigenvalue weighted by molar-refractivity contribution is -0.140. The van der Waals surface area contributed by atoms with E-state index >= 15 is 0 Å². The Kier molecular flexibility index (Phi) is 10.4. The number of ether oxygens (including phenoxy) is 5. The molecule has 0 saturated carbocycles. The third-order valence-electron chi connectivity index (χ3n) is 4.08. The van der Waals surface area contributed by atoms with Crippen LogP contribution in [0.3, 0.4) is 0 Å². The second kappa shape index (κ2) is 13.5. The molecule has 0 unspecified atom stereocenters. The first-order chi connectivity index (χ1) is 15.9. The van der Waals surface area contributed by atoms with Gasteiger partial charge in [0.05, 0.1) is 18.8 Å². The summed E-state index contributed by atoms with van der Waals surface area (Å²) < 4.78 is 25.1. The quantitative estimate of drug-likeness (QED) is 0.209. The summed E-state index contributed by atoms with van der Waals surface area (Å²) in [5.74, 6) is -0.694. The number of aromatic hydroxyl groups is 1. The van der Waals surface area contributed by atoms with Crippen LogP contribution in [0.1, 0.15) is 22.8 Å². The molecule has 0 aliphatic heterocycles. The van der Waals surface area contributed by atoms with Crippen molar-refractivity contribution in [3.63, 3.8) is 0 Å². The molecule has 0 aliphatic carbocycles. The molecule has 0 aromatic heterocycles. The van der Waals surface area contributed by atoms with Crippen LogP contribution >= 0.6 is 0 Å². The molecule has 0 bridgehead atoms. The van der Waals surface area contributed by atoms with Gasteiger partial charge in [0, 0.05) is 17.2 Å². The van der Waals surface area contributed by atoms with Crippen LogP contribution in [0.4, 0.5) is 4.79 Å². The summed E-state index contributed by atoms with van der Waals surface area (Å²) in [6, 6.07) is 12.9. The molecule has 0 heterocycles. The Bertz CT molecular complexity index is 954. The van der Waals surface area contributed by atoms with E-state index in [1.165, 1.54) is 12.1 Å². The summed E-state index contributed by atoms with van der Waals surface area (Å²) >= 11 is 0. The van der Waals surface area contributed by atoms with Gasteiger partial charge in [-0.05, 0) is 19.1 Å². The molecule has 9 heteroatoms. The zero-order chi connectivity index (χ0) is 24.1. The molecular formula is C24H26O9. The molecule has 9 nitrogen and oxygen atoms in total. The Morgan fingerprint density at radius 3 is 2.12 bits per heavy atom. The van der Waals surface area contributed by atoms with E-state index in [0.29, 0.717) is 16.9 Å². The number of phenolic OH excluding ortho intramolecular Hbond substituents is 1. The van der Waals surface area contributed by atoms with Crippen molar-refractivity contribution in [3.8, 4) is 11.5 Å². The molecule has 2 rings (SSSR count). The number of ketones is 1. The minimum atomic E-state index is -0.887. The molecule has 33 heavy (non-hydrogen) atoms. The van der Waals surface area contributed by atoms with E-state index in [4.69, 9.17) is 23.7 Å². The normalized spacial score (nSPS) is 10.2. The summed E-state index contributed by atoms with van der Waals surface area (Å²) in [5.41, 5.74) is 0.923. The Labute approximate surface area is 191 Å². The molecule has 0 aliphatic rings. The Balaban J connectivity index is 1.59. The highest BCUT2D eigenvalue weighted by Gasteiger charge is 2.14.